The molecule has 2 unspecified atom stereocenters. The van der Waals surface area contributed by atoms with Gasteiger partial charge >= 0.3 is 0 Å². The zero-order chi connectivity index (χ0) is 14.5. The first-order chi connectivity index (χ1) is 8.88. The van der Waals surface area contributed by atoms with Crippen LogP contribution < -0.4 is 5.73 Å². The summed E-state index contributed by atoms with van der Waals surface area (Å²) in [7, 11) is -3.12. The number of unbranched alkanes of at least 4 members (excludes halogenated alkanes) is 2. The first kappa shape index (κ1) is 16.2. The Morgan fingerprint density at radius 1 is 1.16 bits per heavy atom. The van der Waals surface area contributed by atoms with Crippen molar-refractivity contribution < 1.29 is 8.42 Å². The van der Waals surface area contributed by atoms with Crippen molar-refractivity contribution in [1.82, 2.24) is 0 Å². The van der Waals surface area contributed by atoms with Crippen molar-refractivity contribution in [2.75, 3.05) is 5.75 Å². The summed E-state index contributed by atoms with van der Waals surface area (Å²) in [6.07, 6.45) is 2.70. The third kappa shape index (κ3) is 4.62. The Balaban J connectivity index is 2.75. The minimum atomic E-state index is -3.12. The summed E-state index contributed by atoms with van der Waals surface area (Å²) >= 11 is 0. The van der Waals surface area contributed by atoms with E-state index in [9.17, 15) is 8.42 Å². The third-order valence-electron chi connectivity index (χ3n) is 3.57. The van der Waals surface area contributed by atoms with Gasteiger partial charge in [0.15, 0.2) is 9.84 Å². The van der Waals surface area contributed by atoms with Gasteiger partial charge in [-0.05, 0) is 25.8 Å². The Kier molecular flexibility index (Phi) is 6.01. The number of benzene rings is 1. The molecule has 4 heteroatoms. The fourth-order valence-corrected chi connectivity index (χ4v) is 3.60. The van der Waals surface area contributed by atoms with Crippen LogP contribution in [-0.2, 0) is 9.84 Å². The minimum absolute atomic E-state index is 0.238. The largest absolute Gasteiger partial charge is 0.323 e. The molecule has 0 saturated heterocycles. The molecular weight excluding hydrogens is 258 g/mol. The Bertz CT molecular complexity index is 479. The summed E-state index contributed by atoms with van der Waals surface area (Å²) < 4.78 is 24.4. The average molecular weight is 283 g/mol. The Morgan fingerprint density at radius 3 is 2.26 bits per heavy atom. The van der Waals surface area contributed by atoms with Crippen molar-refractivity contribution in [3.05, 3.63) is 35.4 Å². The summed E-state index contributed by atoms with van der Waals surface area (Å²) in [5, 5.41) is -0.535. The van der Waals surface area contributed by atoms with Gasteiger partial charge in [-0.15, -0.1) is 0 Å². The van der Waals surface area contributed by atoms with Crippen LogP contribution in [-0.4, -0.2) is 19.4 Å². The van der Waals surface area contributed by atoms with Gasteiger partial charge in [-0.3, -0.25) is 0 Å². The highest BCUT2D eigenvalue weighted by molar-refractivity contribution is 7.92. The van der Waals surface area contributed by atoms with Gasteiger partial charge in [0.25, 0.3) is 0 Å². The Morgan fingerprint density at radius 2 is 1.74 bits per heavy atom. The van der Waals surface area contributed by atoms with E-state index in [1.165, 1.54) is 0 Å². The molecule has 19 heavy (non-hydrogen) atoms. The van der Waals surface area contributed by atoms with Crippen LogP contribution in [0.5, 0.6) is 0 Å². The summed E-state index contributed by atoms with van der Waals surface area (Å²) in [5.41, 5.74) is 8.13. The molecule has 0 aliphatic carbocycles. The first-order valence-corrected chi connectivity index (χ1v) is 8.63. The van der Waals surface area contributed by atoms with Crippen LogP contribution in [0.2, 0.25) is 0 Å². The van der Waals surface area contributed by atoms with E-state index in [0.717, 1.165) is 30.4 Å². The lowest BCUT2D eigenvalue weighted by molar-refractivity contribution is 0.560. The molecule has 0 bridgehead atoms. The van der Waals surface area contributed by atoms with Gasteiger partial charge in [-0.25, -0.2) is 8.42 Å². The fourth-order valence-electron chi connectivity index (χ4n) is 2.02. The van der Waals surface area contributed by atoms with Crippen molar-refractivity contribution in [1.29, 1.82) is 0 Å². The smallest absolute Gasteiger partial charge is 0.154 e. The second-order valence-electron chi connectivity index (χ2n) is 5.22. The van der Waals surface area contributed by atoms with E-state index in [2.05, 4.69) is 6.92 Å². The lowest BCUT2D eigenvalue weighted by Crippen LogP contribution is -2.32. The van der Waals surface area contributed by atoms with Crippen LogP contribution in [0.4, 0.5) is 0 Å². The molecule has 0 radical (unpaired) electrons. The number of rotatable bonds is 7. The molecule has 1 rings (SSSR count). The van der Waals surface area contributed by atoms with Crippen molar-refractivity contribution in [3.63, 3.8) is 0 Å². The molecule has 0 fully saturated rings. The van der Waals surface area contributed by atoms with Crippen molar-refractivity contribution >= 4 is 9.84 Å². The topological polar surface area (TPSA) is 60.2 Å². The molecule has 1 aromatic carbocycles. The molecule has 3 nitrogen and oxygen atoms in total. The Hall–Kier alpha value is -0.870. The van der Waals surface area contributed by atoms with Crippen LogP contribution in [0.1, 0.15) is 50.3 Å². The Labute approximate surface area is 117 Å². The number of hydrogen-bond donors (Lipinski definition) is 1. The molecular formula is C15H25NO2S. The van der Waals surface area contributed by atoms with E-state index in [1.54, 1.807) is 6.92 Å². The molecule has 0 aromatic heterocycles. The maximum Gasteiger partial charge on any atom is 0.154 e. The number of hydrogen-bond acceptors (Lipinski definition) is 3. The van der Waals surface area contributed by atoms with E-state index in [-0.39, 0.29) is 5.75 Å². The molecule has 0 aliphatic heterocycles. The highest BCUT2D eigenvalue weighted by atomic mass is 32.2. The molecule has 2 N–H and O–H groups in total. The van der Waals surface area contributed by atoms with Gasteiger partial charge in [-0.1, -0.05) is 49.6 Å². The zero-order valence-corrected chi connectivity index (χ0v) is 12.9. The van der Waals surface area contributed by atoms with Crippen LogP contribution in [0, 0.1) is 6.92 Å². The number of nitrogens with two attached hydrogens (primary N) is 1. The first-order valence-electron chi connectivity index (χ1n) is 6.92. The lowest BCUT2D eigenvalue weighted by atomic mass is 10.0. The lowest BCUT2D eigenvalue weighted by Gasteiger charge is -2.20. The van der Waals surface area contributed by atoms with Gasteiger partial charge in [0.1, 0.15) is 0 Å². The second-order valence-corrected chi connectivity index (χ2v) is 7.69. The normalized spacial score (nSPS) is 15.2. The highest BCUT2D eigenvalue weighted by Crippen LogP contribution is 2.21. The fraction of sp³-hybridized carbons (Fsp3) is 0.600. The molecule has 1 aromatic rings. The number of aryl methyl sites for hydroxylation is 1. The van der Waals surface area contributed by atoms with E-state index in [0.29, 0.717) is 0 Å². The van der Waals surface area contributed by atoms with Crippen molar-refractivity contribution in [2.24, 2.45) is 5.73 Å². The molecule has 0 heterocycles. The van der Waals surface area contributed by atoms with Crippen LogP contribution in [0.25, 0.3) is 0 Å². The molecule has 0 spiro atoms. The SMILES string of the molecule is CCCCCS(=O)(=O)C(C)C(N)c1ccc(C)cc1. The molecule has 2 atom stereocenters. The summed E-state index contributed by atoms with van der Waals surface area (Å²) in [4.78, 5) is 0. The standard InChI is InChI=1S/C15H25NO2S/c1-4-5-6-11-19(17,18)13(3)15(16)14-9-7-12(2)8-10-14/h7-10,13,15H,4-6,11,16H2,1-3H3. The predicted octanol–water partition coefficient (Wildman–Crippen LogP) is 2.99. The molecule has 108 valence electrons. The second kappa shape index (κ2) is 7.06. The van der Waals surface area contributed by atoms with Crippen LogP contribution in [0.3, 0.4) is 0 Å². The maximum atomic E-state index is 12.2. The molecule has 0 saturated carbocycles. The van der Waals surface area contributed by atoms with E-state index in [1.807, 2.05) is 31.2 Å². The van der Waals surface area contributed by atoms with E-state index >= 15 is 0 Å². The van der Waals surface area contributed by atoms with E-state index in [4.69, 9.17) is 5.73 Å². The molecule has 0 amide bonds. The highest BCUT2D eigenvalue weighted by Gasteiger charge is 2.27. The number of sulfone groups is 1. The van der Waals surface area contributed by atoms with Crippen molar-refractivity contribution in [2.45, 2.75) is 51.3 Å². The summed E-state index contributed by atoms with van der Waals surface area (Å²) in [6, 6.07) is 7.31. The third-order valence-corrected chi connectivity index (χ3v) is 5.85. The van der Waals surface area contributed by atoms with Gasteiger partial charge in [0.2, 0.25) is 0 Å². The van der Waals surface area contributed by atoms with Crippen molar-refractivity contribution in [3.8, 4) is 0 Å². The summed E-state index contributed by atoms with van der Waals surface area (Å²) in [6.45, 7) is 5.78. The van der Waals surface area contributed by atoms with Gasteiger partial charge in [0, 0.05) is 6.04 Å². The average Bonchev–Trinajstić information content (AvgIpc) is 2.38. The van der Waals surface area contributed by atoms with Gasteiger partial charge in [-0.2, -0.15) is 0 Å². The predicted molar refractivity (Wildman–Crippen MR) is 80.9 cm³/mol. The minimum Gasteiger partial charge on any atom is -0.323 e. The van der Waals surface area contributed by atoms with Crippen LogP contribution in [0.15, 0.2) is 24.3 Å². The van der Waals surface area contributed by atoms with Gasteiger partial charge < -0.3 is 5.73 Å². The van der Waals surface area contributed by atoms with Gasteiger partial charge in [0.05, 0.1) is 11.0 Å². The summed E-state index contributed by atoms with van der Waals surface area (Å²) in [5.74, 6) is 0.238. The van der Waals surface area contributed by atoms with Crippen LogP contribution >= 0.6 is 0 Å². The van der Waals surface area contributed by atoms with E-state index < -0.39 is 21.1 Å². The zero-order valence-electron chi connectivity index (χ0n) is 12.1. The monoisotopic (exact) mass is 283 g/mol. The molecule has 0 aliphatic rings. The quantitative estimate of drug-likeness (QED) is 0.783. The maximum absolute atomic E-state index is 12.2.